The predicted octanol–water partition coefficient (Wildman–Crippen LogP) is 7.78. The SMILES string of the molecule is CC(=C(C)c1cccc2c1Cc1ccccc1-2)c1cccc2c1Cc1ccccc1-2. The molecule has 0 spiro atoms. The lowest BCUT2D eigenvalue weighted by atomic mass is 9.89. The minimum absolute atomic E-state index is 1.03. The van der Waals surface area contributed by atoms with Crippen LogP contribution in [0.2, 0.25) is 0 Å². The zero-order chi connectivity index (χ0) is 20.2. The molecule has 0 amide bonds. The summed E-state index contributed by atoms with van der Waals surface area (Å²) in [6.45, 7) is 4.60. The van der Waals surface area contributed by atoms with E-state index in [1.165, 1.54) is 66.8 Å². The van der Waals surface area contributed by atoms with E-state index in [0.29, 0.717) is 0 Å². The molecular weight excluding hydrogens is 360 g/mol. The summed E-state index contributed by atoms with van der Waals surface area (Å²) in [7, 11) is 0. The summed E-state index contributed by atoms with van der Waals surface area (Å²) in [5.41, 5.74) is 17.0. The van der Waals surface area contributed by atoms with Crippen LogP contribution in [0, 0.1) is 0 Å². The first kappa shape index (κ1) is 17.5. The van der Waals surface area contributed by atoms with E-state index in [1.807, 2.05) is 0 Å². The van der Waals surface area contributed by atoms with Crippen LogP contribution < -0.4 is 0 Å². The summed E-state index contributed by atoms with van der Waals surface area (Å²) in [5, 5.41) is 0. The van der Waals surface area contributed by atoms with Crippen molar-refractivity contribution < 1.29 is 0 Å². The van der Waals surface area contributed by atoms with Gasteiger partial charge in [-0.3, -0.25) is 0 Å². The van der Waals surface area contributed by atoms with Crippen LogP contribution in [0.4, 0.5) is 0 Å². The van der Waals surface area contributed by atoms with Crippen molar-refractivity contribution in [1.29, 1.82) is 0 Å². The van der Waals surface area contributed by atoms with Gasteiger partial charge in [0.25, 0.3) is 0 Å². The lowest BCUT2D eigenvalue weighted by Gasteiger charge is -2.16. The van der Waals surface area contributed by atoms with E-state index in [-0.39, 0.29) is 0 Å². The van der Waals surface area contributed by atoms with E-state index in [4.69, 9.17) is 0 Å². The molecule has 0 heteroatoms. The maximum Gasteiger partial charge on any atom is -0.000740 e. The number of benzene rings is 4. The van der Waals surface area contributed by atoms with Gasteiger partial charge in [-0.2, -0.15) is 0 Å². The van der Waals surface area contributed by atoms with Crippen molar-refractivity contribution in [1.82, 2.24) is 0 Å². The molecule has 0 unspecified atom stereocenters. The first-order valence-electron chi connectivity index (χ1n) is 10.8. The zero-order valence-corrected chi connectivity index (χ0v) is 17.5. The van der Waals surface area contributed by atoms with Gasteiger partial charge in [0.05, 0.1) is 0 Å². The van der Waals surface area contributed by atoms with Gasteiger partial charge < -0.3 is 0 Å². The Hall–Kier alpha value is -3.38. The summed E-state index contributed by atoms with van der Waals surface area (Å²) in [6.07, 6.45) is 2.06. The normalized spacial score (nSPS) is 13.9. The third-order valence-electron chi connectivity index (χ3n) is 7.07. The van der Waals surface area contributed by atoms with Gasteiger partial charge in [-0.15, -0.1) is 0 Å². The van der Waals surface area contributed by atoms with Crippen LogP contribution in [-0.4, -0.2) is 0 Å². The van der Waals surface area contributed by atoms with Crippen molar-refractivity contribution in [3.8, 4) is 22.3 Å². The van der Waals surface area contributed by atoms with E-state index in [2.05, 4.69) is 98.8 Å². The molecule has 0 saturated carbocycles. The summed E-state index contributed by atoms with van der Waals surface area (Å²) in [5.74, 6) is 0. The highest BCUT2D eigenvalue weighted by molar-refractivity contribution is 5.95. The van der Waals surface area contributed by atoms with Crippen LogP contribution in [0.25, 0.3) is 33.4 Å². The fourth-order valence-corrected chi connectivity index (χ4v) is 5.42. The van der Waals surface area contributed by atoms with Crippen LogP contribution in [0.15, 0.2) is 84.9 Å². The van der Waals surface area contributed by atoms with E-state index >= 15 is 0 Å². The Morgan fingerprint density at radius 3 is 1.33 bits per heavy atom. The van der Waals surface area contributed by atoms with Crippen molar-refractivity contribution >= 4 is 11.1 Å². The lowest BCUT2D eigenvalue weighted by Crippen LogP contribution is -1.96. The Balaban J connectivity index is 1.49. The largest absolute Gasteiger partial charge is 0.0619 e. The molecule has 144 valence electrons. The van der Waals surface area contributed by atoms with Gasteiger partial charge in [0, 0.05) is 0 Å². The molecule has 0 fully saturated rings. The topological polar surface area (TPSA) is 0 Å². The van der Waals surface area contributed by atoms with Crippen LogP contribution >= 0.6 is 0 Å². The number of allylic oxidation sites excluding steroid dienone is 2. The smallest absolute Gasteiger partial charge is 0.000740 e. The highest BCUT2D eigenvalue weighted by Crippen LogP contribution is 2.44. The molecule has 0 nitrogen and oxygen atoms in total. The zero-order valence-electron chi connectivity index (χ0n) is 17.5. The van der Waals surface area contributed by atoms with Gasteiger partial charge in [0.15, 0.2) is 0 Å². The van der Waals surface area contributed by atoms with E-state index < -0.39 is 0 Å². The monoisotopic (exact) mass is 384 g/mol. The van der Waals surface area contributed by atoms with Gasteiger partial charge in [-0.05, 0) is 93.5 Å². The fraction of sp³-hybridized carbons (Fsp3) is 0.133. The Bertz CT molecular complexity index is 1250. The summed E-state index contributed by atoms with van der Waals surface area (Å²) in [4.78, 5) is 0. The third kappa shape index (κ3) is 2.47. The Morgan fingerprint density at radius 1 is 0.467 bits per heavy atom. The van der Waals surface area contributed by atoms with Crippen LogP contribution in [0.1, 0.15) is 47.2 Å². The van der Waals surface area contributed by atoms with E-state index in [9.17, 15) is 0 Å². The molecule has 0 saturated heterocycles. The maximum atomic E-state index is 2.31. The summed E-state index contributed by atoms with van der Waals surface area (Å²) < 4.78 is 0. The number of hydrogen-bond acceptors (Lipinski definition) is 0. The Kier molecular flexibility index (Phi) is 3.83. The van der Waals surface area contributed by atoms with Crippen LogP contribution in [-0.2, 0) is 12.8 Å². The lowest BCUT2D eigenvalue weighted by molar-refractivity contribution is 1.23. The standard InChI is InChI=1S/C30H24/c1-19(23-13-7-15-27-25-11-5-3-9-21(25)17-29(23)27)20(2)24-14-8-16-28-26-12-6-4-10-22(26)18-30(24)28/h3-16H,17-18H2,1-2H3. The van der Waals surface area contributed by atoms with Crippen molar-refractivity contribution in [2.45, 2.75) is 26.7 Å². The van der Waals surface area contributed by atoms with Gasteiger partial charge in [0.2, 0.25) is 0 Å². The minimum atomic E-state index is 1.03. The molecule has 0 heterocycles. The Morgan fingerprint density at radius 2 is 0.867 bits per heavy atom. The third-order valence-corrected chi connectivity index (χ3v) is 7.07. The first-order valence-corrected chi connectivity index (χ1v) is 10.8. The molecule has 0 aliphatic heterocycles. The quantitative estimate of drug-likeness (QED) is 0.267. The number of hydrogen-bond donors (Lipinski definition) is 0. The van der Waals surface area contributed by atoms with Gasteiger partial charge in [-0.25, -0.2) is 0 Å². The van der Waals surface area contributed by atoms with Crippen molar-refractivity contribution in [2.24, 2.45) is 0 Å². The number of fused-ring (bicyclic) bond motifs is 6. The molecule has 6 rings (SSSR count). The average Bonchev–Trinajstić information content (AvgIpc) is 3.36. The van der Waals surface area contributed by atoms with E-state index in [0.717, 1.165) is 12.8 Å². The molecule has 0 aromatic heterocycles. The van der Waals surface area contributed by atoms with Crippen molar-refractivity contribution in [2.75, 3.05) is 0 Å². The van der Waals surface area contributed by atoms with Crippen LogP contribution in [0.5, 0.6) is 0 Å². The van der Waals surface area contributed by atoms with Gasteiger partial charge in [-0.1, -0.05) is 84.9 Å². The summed E-state index contributed by atoms with van der Waals surface area (Å²) in [6, 6.07) is 31.3. The Labute approximate surface area is 178 Å². The number of rotatable bonds is 2. The minimum Gasteiger partial charge on any atom is -0.0619 e. The molecule has 4 aromatic rings. The van der Waals surface area contributed by atoms with Crippen molar-refractivity contribution in [3.63, 3.8) is 0 Å². The first-order chi connectivity index (χ1) is 14.7. The molecular formula is C30H24. The molecule has 0 radical (unpaired) electrons. The predicted molar refractivity (Wildman–Crippen MR) is 128 cm³/mol. The molecule has 2 aliphatic rings. The van der Waals surface area contributed by atoms with Crippen LogP contribution in [0.3, 0.4) is 0 Å². The second kappa shape index (κ2) is 6.57. The molecule has 30 heavy (non-hydrogen) atoms. The van der Waals surface area contributed by atoms with Gasteiger partial charge in [0.1, 0.15) is 0 Å². The highest BCUT2D eigenvalue weighted by atomic mass is 14.3. The second-order valence-corrected chi connectivity index (χ2v) is 8.58. The fourth-order valence-electron chi connectivity index (χ4n) is 5.42. The average molecular weight is 385 g/mol. The molecule has 4 aromatic carbocycles. The second-order valence-electron chi connectivity index (χ2n) is 8.58. The van der Waals surface area contributed by atoms with Gasteiger partial charge >= 0.3 is 0 Å². The molecule has 0 atom stereocenters. The van der Waals surface area contributed by atoms with Crippen molar-refractivity contribution in [3.05, 3.63) is 118 Å². The maximum absolute atomic E-state index is 2.31. The summed E-state index contributed by atoms with van der Waals surface area (Å²) >= 11 is 0. The molecule has 0 bridgehead atoms. The molecule has 0 N–H and O–H groups in total. The van der Waals surface area contributed by atoms with E-state index in [1.54, 1.807) is 0 Å². The molecule has 2 aliphatic carbocycles. The highest BCUT2D eigenvalue weighted by Gasteiger charge is 2.24.